The van der Waals surface area contributed by atoms with Gasteiger partial charge in [0, 0.05) is 37.4 Å². The van der Waals surface area contributed by atoms with Gasteiger partial charge in [-0.2, -0.15) is 0 Å². The Morgan fingerprint density at radius 3 is 2.80 bits per heavy atom. The fourth-order valence-electron chi connectivity index (χ4n) is 3.59. The molecule has 2 amide bonds. The summed E-state index contributed by atoms with van der Waals surface area (Å²) in [6, 6.07) is 14.5. The molecule has 132 valence electrons. The summed E-state index contributed by atoms with van der Waals surface area (Å²) in [6.45, 7) is 5.81. The van der Waals surface area contributed by atoms with Crippen molar-refractivity contribution in [2.75, 3.05) is 30.4 Å². The molecule has 4 heteroatoms. The van der Waals surface area contributed by atoms with Gasteiger partial charge in [-0.15, -0.1) is 0 Å². The molecule has 0 bridgehead atoms. The second kappa shape index (κ2) is 7.60. The van der Waals surface area contributed by atoms with Crippen molar-refractivity contribution >= 4 is 17.4 Å². The molecule has 0 unspecified atom stereocenters. The number of aryl methyl sites for hydroxylation is 2. The van der Waals surface area contributed by atoms with Crippen LogP contribution in [0.15, 0.2) is 42.5 Å². The molecule has 0 fully saturated rings. The molecule has 2 aromatic carbocycles. The zero-order valence-electron chi connectivity index (χ0n) is 15.3. The first-order chi connectivity index (χ1) is 12.1. The van der Waals surface area contributed by atoms with Crippen LogP contribution in [0.2, 0.25) is 0 Å². The molecular formula is C21H27N3O. The molecule has 1 atom stereocenters. The molecule has 3 rings (SSSR count). The van der Waals surface area contributed by atoms with E-state index in [9.17, 15) is 4.79 Å². The number of nitrogens with one attached hydrogen (secondary N) is 2. The zero-order valence-corrected chi connectivity index (χ0v) is 15.3. The van der Waals surface area contributed by atoms with Gasteiger partial charge in [0.2, 0.25) is 0 Å². The minimum atomic E-state index is -0.125. The number of para-hydroxylation sites is 2. The summed E-state index contributed by atoms with van der Waals surface area (Å²) in [4.78, 5) is 14.7. The van der Waals surface area contributed by atoms with Crippen LogP contribution in [0.3, 0.4) is 0 Å². The zero-order chi connectivity index (χ0) is 17.8. The van der Waals surface area contributed by atoms with Crippen molar-refractivity contribution in [3.63, 3.8) is 0 Å². The summed E-state index contributed by atoms with van der Waals surface area (Å²) in [5, 5.41) is 6.11. The van der Waals surface area contributed by atoms with E-state index in [0.29, 0.717) is 12.5 Å². The van der Waals surface area contributed by atoms with Crippen LogP contribution in [0, 0.1) is 6.92 Å². The largest absolute Gasteiger partial charge is 0.374 e. The lowest BCUT2D eigenvalue weighted by molar-refractivity contribution is 0.251. The maximum absolute atomic E-state index is 12.4. The Morgan fingerprint density at radius 2 is 2.00 bits per heavy atom. The Labute approximate surface area is 150 Å². The molecule has 1 aliphatic rings. The van der Waals surface area contributed by atoms with E-state index in [1.165, 1.54) is 16.8 Å². The second-order valence-electron chi connectivity index (χ2n) is 6.76. The standard InChI is InChI=1S/C21H27N3O/c1-4-16-9-7-8-15(2)20(16)23-21(25)22-14-17-12-13-24(3)19-11-6-5-10-18(17)19/h5-11,17H,4,12-14H2,1-3H3,(H2,22,23,25)/t17-/m0/s1. The number of benzene rings is 2. The van der Waals surface area contributed by atoms with Crippen LogP contribution in [0.25, 0.3) is 0 Å². The Balaban J connectivity index is 1.65. The number of carbonyl (C=O) groups excluding carboxylic acids is 1. The molecular weight excluding hydrogens is 310 g/mol. The Bertz CT molecular complexity index is 757. The third kappa shape index (κ3) is 3.78. The van der Waals surface area contributed by atoms with Crippen LogP contribution in [0.4, 0.5) is 16.2 Å². The Hall–Kier alpha value is -2.49. The van der Waals surface area contributed by atoms with Gasteiger partial charge in [0.25, 0.3) is 0 Å². The number of fused-ring (bicyclic) bond motifs is 1. The van der Waals surface area contributed by atoms with Crippen LogP contribution in [0.5, 0.6) is 0 Å². The van der Waals surface area contributed by atoms with Gasteiger partial charge in [-0.05, 0) is 42.5 Å². The minimum absolute atomic E-state index is 0.125. The second-order valence-corrected chi connectivity index (χ2v) is 6.76. The van der Waals surface area contributed by atoms with Crippen LogP contribution in [0.1, 0.15) is 36.0 Å². The van der Waals surface area contributed by atoms with E-state index in [0.717, 1.165) is 30.6 Å². The fourth-order valence-corrected chi connectivity index (χ4v) is 3.59. The maximum Gasteiger partial charge on any atom is 0.319 e. The van der Waals surface area contributed by atoms with Crippen molar-refractivity contribution in [3.8, 4) is 0 Å². The summed E-state index contributed by atoms with van der Waals surface area (Å²) in [7, 11) is 2.12. The quantitative estimate of drug-likeness (QED) is 0.873. The van der Waals surface area contributed by atoms with Crippen molar-refractivity contribution < 1.29 is 4.79 Å². The molecule has 0 aliphatic carbocycles. The molecule has 1 heterocycles. The molecule has 2 N–H and O–H groups in total. The highest BCUT2D eigenvalue weighted by atomic mass is 16.2. The highest BCUT2D eigenvalue weighted by Gasteiger charge is 2.23. The first-order valence-corrected chi connectivity index (χ1v) is 9.03. The van der Waals surface area contributed by atoms with Crippen molar-refractivity contribution in [1.29, 1.82) is 0 Å². The SMILES string of the molecule is CCc1cccc(C)c1NC(=O)NC[C@@H]1CCN(C)c2ccccc21. The summed E-state index contributed by atoms with van der Waals surface area (Å²) in [6.07, 6.45) is 1.96. The average molecular weight is 337 g/mol. The number of carbonyl (C=O) groups is 1. The van der Waals surface area contributed by atoms with Gasteiger partial charge in [-0.1, -0.05) is 43.3 Å². The molecule has 2 aromatic rings. The molecule has 4 nitrogen and oxygen atoms in total. The van der Waals surface area contributed by atoms with Gasteiger partial charge in [-0.3, -0.25) is 0 Å². The normalized spacial score (nSPS) is 16.3. The van der Waals surface area contributed by atoms with Crippen molar-refractivity contribution in [2.24, 2.45) is 0 Å². The number of hydrogen-bond acceptors (Lipinski definition) is 2. The summed E-state index contributed by atoms with van der Waals surface area (Å²) in [5.41, 5.74) is 5.79. The van der Waals surface area contributed by atoms with Crippen LogP contribution >= 0.6 is 0 Å². The van der Waals surface area contributed by atoms with Crippen LogP contribution in [-0.2, 0) is 6.42 Å². The third-order valence-electron chi connectivity index (χ3n) is 5.09. The molecule has 0 saturated heterocycles. The van der Waals surface area contributed by atoms with E-state index in [4.69, 9.17) is 0 Å². The summed E-state index contributed by atoms with van der Waals surface area (Å²) in [5.74, 6) is 0.362. The van der Waals surface area contributed by atoms with Gasteiger partial charge in [-0.25, -0.2) is 4.79 Å². The minimum Gasteiger partial charge on any atom is -0.374 e. The van der Waals surface area contributed by atoms with Gasteiger partial charge in [0.15, 0.2) is 0 Å². The van der Waals surface area contributed by atoms with E-state index in [1.54, 1.807) is 0 Å². The predicted molar refractivity (Wildman–Crippen MR) is 105 cm³/mol. The number of amides is 2. The molecule has 25 heavy (non-hydrogen) atoms. The average Bonchev–Trinajstić information content (AvgIpc) is 2.63. The summed E-state index contributed by atoms with van der Waals surface area (Å²) < 4.78 is 0. The number of urea groups is 1. The van der Waals surface area contributed by atoms with E-state index >= 15 is 0 Å². The number of nitrogens with zero attached hydrogens (tertiary/aromatic N) is 1. The van der Waals surface area contributed by atoms with E-state index in [-0.39, 0.29) is 6.03 Å². The molecule has 0 aromatic heterocycles. The molecule has 1 aliphatic heterocycles. The molecule has 0 saturated carbocycles. The van der Waals surface area contributed by atoms with E-state index in [2.05, 4.69) is 59.8 Å². The number of rotatable bonds is 4. The van der Waals surface area contributed by atoms with Crippen LogP contribution < -0.4 is 15.5 Å². The number of hydrogen-bond donors (Lipinski definition) is 2. The van der Waals surface area contributed by atoms with Gasteiger partial charge in [0.05, 0.1) is 0 Å². The van der Waals surface area contributed by atoms with E-state index < -0.39 is 0 Å². The van der Waals surface area contributed by atoms with Gasteiger partial charge >= 0.3 is 6.03 Å². The monoisotopic (exact) mass is 337 g/mol. The lowest BCUT2D eigenvalue weighted by atomic mass is 9.90. The lowest BCUT2D eigenvalue weighted by Gasteiger charge is -2.33. The third-order valence-corrected chi connectivity index (χ3v) is 5.09. The van der Waals surface area contributed by atoms with E-state index in [1.807, 2.05) is 19.1 Å². The van der Waals surface area contributed by atoms with Gasteiger partial charge in [0.1, 0.15) is 0 Å². The lowest BCUT2D eigenvalue weighted by Crippen LogP contribution is -2.36. The highest BCUT2D eigenvalue weighted by Crippen LogP contribution is 2.33. The van der Waals surface area contributed by atoms with Gasteiger partial charge < -0.3 is 15.5 Å². The molecule has 0 spiro atoms. The molecule has 0 radical (unpaired) electrons. The highest BCUT2D eigenvalue weighted by molar-refractivity contribution is 5.91. The predicted octanol–water partition coefficient (Wildman–Crippen LogP) is 4.30. The van der Waals surface area contributed by atoms with Crippen LogP contribution in [-0.4, -0.2) is 26.2 Å². The maximum atomic E-state index is 12.4. The summed E-state index contributed by atoms with van der Waals surface area (Å²) >= 11 is 0. The fraction of sp³-hybridized carbons (Fsp3) is 0.381. The Morgan fingerprint density at radius 1 is 1.20 bits per heavy atom. The van der Waals surface area contributed by atoms with Crippen molar-refractivity contribution in [2.45, 2.75) is 32.6 Å². The Kier molecular flexibility index (Phi) is 5.27. The first kappa shape index (κ1) is 17.3. The first-order valence-electron chi connectivity index (χ1n) is 9.03. The topological polar surface area (TPSA) is 44.4 Å². The number of anilines is 2. The van der Waals surface area contributed by atoms with Crippen molar-refractivity contribution in [3.05, 3.63) is 59.2 Å². The smallest absolute Gasteiger partial charge is 0.319 e. The van der Waals surface area contributed by atoms with Crippen molar-refractivity contribution in [1.82, 2.24) is 5.32 Å².